The van der Waals surface area contributed by atoms with Gasteiger partial charge < -0.3 is 15.1 Å². The maximum Gasteiger partial charge on any atom is 0.222 e. The number of aryl methyl sites for hydroxylation is 1. The molecule has 1 saturated carbocycles. The van der Waals surface area contributed by atoms with Gasteiger partial charge in [-0.2, -0.15) is 5.26 Å². The van der Waals surface area contributed by atoms with Gasteiger partial charge in [0.05, 0.1) is 11.6 Å². The number of anilines is 2. The molecule has 0 radical (unpaired) electrons. The number of carbonyl (C=O) groups is 1. The van der Waals surface area contributed by atoms with Gasteiger partial charge >= 0.3 is 0 Å². The number of carbonyl (C=O) groups excluding carboxylic acids is 1. The molecule has 5 nitrogen and oxygen atoms in total. The number of nitrogens with zero attached hydrogens (tertiary/aromatic N) is 3. The standard InChI is InChI=1S/C27H33ClN4O/c1-20-18-25(10-5-22(20)19-29)30-24-8-2-21(3-9-24)4-13-27(33)32-16-14-31(15-17-32)26-11-6-23(28)7-12-26/h5-7,10-12,18,21,24,30H,2-4,8-9,13-17H2,1H3. The molecule has 1 amide bonds. The Morgan fingerprint density at radius 2 is 1.76 bits per heavy atom. The normalized spacial score (nSPS) is 20.9. The van der Waals surface area contributed by atoms with E-state index >= 15 is 0 Å². The molecule has 2 aromatic carbocycles. The van der Waals surface area contributed by atoms with E-state index in [-0.39, 0.29) is 0 Å². The first-order valence-corrected chi connectivity index (χ1v) is 12.4. The first kappa shape index (κ1) is 23.4. The summed E-state index contributed by atoms with van der Waals surface area (Å²) in [4.78, 5) is 17.1. The third-order valence-corrected chi connectivity index (χ3v) is 7.41. The Labute approximate surface area is 202 Å². The van der Waals surface area contributed by atoms with Crippen LogP contribution in [-0.4, -0.2) is 43.0 Å². The number of hydrogen-bond donors (Lipinski definition) is 1. The molecular formula is C27H33ClN4O. The average Bonchev–Trinajstić information content (AvgIpc) is 2.84. The molecule has 1 aliphatic carbocycles. The zero-order valence-electron chi connectivity index (χ0n) is 19.4. The molecular weight excluding hydrogens is 432 g/mol. The fourth-order valence-electron chi connectivity index (χ4n) is 5.06. The van der Waals surface area contributed by atoms with Crippen molar-refractivity contribution in [3.63, 3.8) is 0 Å². The molecule has 1 N–H and O–H groups in total. The Balaban J connectivity index is 1.16. The van der Waals surface area contributed by atoms with Crippen LogP contribution in [-0.2, 0) is 4.79 Å². The summed E-state index contributed by atoms with van der Waals surface area (Å²) in [7, 11) is 0. The zero-order chi connectivity index (χ0) is 23.2. The highest BCUT2D eigenvalue weighted by atomic mass is 35.5. The van der Waals surface area contributed by atoms with E-state index in [1.54, 1.807) is 0 Å². The first-order valence-electron chi connectivity index (χ1n) is 12.1. The van der Waals surface area contributed by atoms with Gasteiger partial charge in [-0.1, -0.05) is 11.6 Å². The van der Waals surface area contributed by atoms with Crippen molar-refractivity contribution in [1.29, 1.82) is 5.26 Å². The van der Waals surface area contributed by atoms with E-state index in [1.165, 1.54) is 18.5 Å². The van der Waals surface area contributed by atoms with Gasteiger partial charge in [-0.05, 0) is 93.0 Å². The van der Waals surface area contributed by atoms with Gasteiger partial charge in [-0.15, -0.1) is 0 Å². The third-order valence-electron chi connectivity index (χ3n) is 7.16. The van der Waals surface area contributed by atoms with E-state index in [2.05, 4.69) is 22.4 Å². The number of hydrogen-bond acceptors (Lipinski definition) is 4. The molecule has 0 bridgehead atoms. The molecule has 2 aromatic rings. The van der Waals surface area contributed by atoms with Gasteiger partial charge in [0.15, 0.2) is 0 Å². The summed E-state index contributed by atoms with van der Waals surface area (Å²) in [5, 5.41) is 13.5. The first-order chi connectivity index (χ1) is 16.0. The molecule has 6 heteroatoms. The lowest BCUT2D eigenvalue weighted by Crippen LogP contribution is -2.48. The van der Waals surface area contributed by atoms with Crippen LogP contribution in [0.15, 0.2) is 42.5 Å². The summed E-state index contributed by atoms with van der Waals surface area (Å²) in [6.45, 7) is 5.32. The molecule has 1 aliphatic heterocycles. The van der Waals surface area contributed by atoms with Crippen molar-refractivity contribution in [2.75, 3.05) is 36.4 Å². The van der Waals surface area contributed by atoms with Crippen molar-refractivity contribution in [3.05, 3.63) is 58.6 Å². The molecule has 2 fully saturated rings. The molecule has 0 aromatic heterocycles. The Hall–Kier alpha value is -2.71. The SMILES string of the molecule is Cc1cc(NC2CCC(CCC(=O)N3CCN(c4ccc(Cl)cc4)CC3)CC2)ccc1C#N. The van der Waals surface area contributed by atoms with Gasteiger partial charge in [0.1, 0.15) is 0 Å². The highest BCUT2D eigenvalue weighted by Gasteiger charge is 2.25. The molecule has 0 atom stereocenters. The van der Waals surface area contributed by atoms with Crippen LogP contribution >= 0.6 is 11.6 Å². The van der Waals surface area contributed by atoms with Crippen LogP contribution in [0.5, 0.6) is 0 Å². The third kappa shape index (κ3) is 6.21. The molecule has 2 aliphatic rings. The zero-order valence-corrected chi connectivity index (χ0v) is 20.2. The molecule has 1 heterocycles. The maximum absolute atomic E-state index is 12.8. The smallest absolute Gasteiger partial charge is 0.222 e. The van der Waals surface area contributed by atoms with Crippen molar-refractivity contribution >= 4 is 28.9 Å². The highest BCUT2D eigenvalue weighted by Crippen LogP contribution is 2.30. The van der Waals surface area contributed by atoms with Crippen molar-refractivity contribution in [3.8, 4) is 6.07 Å². The summed E-state index contributed by atoms with van der Waals surface area (Å²) in [6, 6.07) is 16.6. The van der Waals surface area contributed by atoms with E-state index < -0.39 is 0 Å². The van der Waals surface area contributed by atoms with Crippen molar-refractivity contribution in [2.45, 2.75) is 51.5 Å². The van der Waals surface area contributed by atoms with Gasteiger partial charge in [0, 0.05) is 55.0 Å². The second-order valence-corrected chi connectivity index (χ2v) is 9.82. The fraction of sp³-hybridized carbons (Fsp3) is 0.481. The molecule has 1 saturated heterocycles. The minimum Gasteiger partial charge on any atom is -0.382 e. The van der Waals surface area contributed by atoms with Crippen LogP contribution in [0.2, 0.25) is 5.02 Å². The van der Waals surface area contributed by atoms with Crippen LogP contribution in [0.1, 0.15) is 49.7 Å². The molecule has 4 rings (SSSR count). The lowest BCUT2D eigenvalue weighted by atomic mass is 9.83. The van der Waals surface area contributed by atoms with E-state index in [9.17, 15) is 4.79 Å². The maximum atomic E-state index is 12.8. The Morgan fingerprint density at radius 3 is 2.39 bits per heavy atom. The van der Waals surface area contributed by atoms with Crippen LogP contribution in [0.4, 0.5) is 11.4 Å². The summed E-state index contributed by atoms with van der Waals surface area (Å²) in [5.74, 6) is 0.948. The Kier molecular flexibility index (Phi) is 7.77. The van der Waals surface area contributed by atoms with E-state index in [0.717, 1.165) is 67.3 Å². The summed E-state index contributed by atoms with van der Waals surface area (Å²) < 4.78 is 0. The number of nitriles is 1. The second kappa shape index (κ2) is 10.9. The summed E-state index contributed by atoms with van der Waals surface area (Å²) in [6.07, 6.45) is 6.28. The van der Waals surface area contributed by atoms with Crippen molar-refractivity contribution in [1.82, 2.24) is 4.90 Å². The Morgan fingerprint density at radius 1 is 1.06 bits per heavy atom. The summed E-state index contributed by atoms with van der Waals surface area (Å²) >= 11 is 5.99. The van der Waals surface area contributed by atoms with Crippen LogP contribution in [0, 0.1) is 24.2 Å². The van der Waals surface area contributed by atoms with E-state index in [0.29, 0.717) is 24.3 Å². The van der Waals surface area contributed by atoms with Crippen LogP contribution < -0.4 is 10.2 Å². The lowest BCUT2D eigenvalue weighted by Gasteiger charge is -2.36. The van der Waals surface area contributed by atoms with E-state index in [4.69, 9.17) is 16.9 Å². The average molecular weight is 465 g/mol. The number of benzene rings is 2. The van der Waals surface area contributed by atoms with Gasteiger partial charge in [0.2, 0.25) is 5.91 Å². The second-order valence-electron chi connectivity index (χ2n) is 9.39. The molecule has 33 heavy (non-hydrogen) atoms. The van der Waals surface area contributed by atoms with Gasteiger partial charge in [-0.3, -0.25) is 4.79 Å². The van der Waals surface area contributed by atoms with Gasteiger partial charge in [0.25, 0.3) is 0 Å². The quantitative estimate of drug-likeness (QED) is 0.602. The molecule has 174 valence electrons. The highest BCUT2D eigenvalue weighted by molar-refractivity contribution is 6.30. The molecule has 0 spiro atoms. The number of piperazine rings is 1. The predicted octanol–water partition coefficient (Wildman–Crippen LogP) is 5.62. The van der Waals surface area contributed by atoms with Crippen molar-refractivity contribution < 1.29 is 4.79 Å². The minimum atomic E-state index is 0.305. The summed E-state index contributed by atoms with van der Waals surface area (Å²) in [5.41, 5.74) is 4.03. The largest absolute Gasteiger partial charge is 0.382 e. The van der Waals surface area contributed by atoms with Crippen molar-refractivity contribution in [2.24, 2.45) is 5.92 Å². The number of nitrogens with one attached hydrogen (secondary N) is 1. The fourth-order valence-corrected chi connectivity index (χ4v) is 5.19. The van der Waals surface area contributed by atoms with E-state index in [1.807, 2.05) is 48.2 Å². The number of amides is 1. The predicted molar refractivity (Wildman–Crippen MR) is 135 cm³/mol. The molecule has 0 unspecified atom stereocenters. The Bertz CT molecular complexity index is 984. The lowest BCUT2D eigenvalue weighted by molar-refractivity contribution is -0.131. The van der Waals surface area contributed by atoms with Crippen LogP contribution in [0.3, 0.4) is 0 Å². The van der Waals surface area contributed by atoms with Crippen LogP contribution in [0.25, 0.3) is 0 Å². The number of rotatable bonds is 6. The monoisotopic (exact) mass is 464 g/mol. The number of halogens is 1. The topological polar surface area (TPSA) is 59.4 Å². The minimum absolute atomic E-state index is 0.305. The van der Waals surface area contributed by atoms with Gasteiger partial charge in [-0.25, -0.2) is 0 Å².